The Hall–Kier alpha value is -2.82. The monoisotopic (exact) mass is 496 g/mol. The summed E-state index contributed by atoms with van der Waals surface area (Å²) >= 11 is 0. The van der Waals surface area contributed by atoms with E-state index in [1.165, 1.54) is 51.4 Å². The molecule has 2 aromatic carbocycles. The van der Waals surface area contributed by atoms with Crippen LogP contribution < -0.4 is 14.2 Å². The quantitative estimate of drug-likeness (QED) is 0.117. The van der Waals surface area contributed by atoms with Crippen molar-refractivity contribution in [2.45, 2.75) is 110 Å². The van der Waals surface area contributed by atoms with E-state index in [0.717, 1.165) is 31.4 Å². The van der Waals surface area contributed by atoms with Gasteiger partial charge in [0, 0.05) is 6.42 Å². The van der Waals surface area contributed by atoms with E-state index in [2.05, 4.69) is 20.8 Å². The molecule has 1 atom stereocenters. The summed E-state index contributed by atoms with van der Waals surface area (Å²) in [4.78, 5) is 24.5. The summed E-state index contributed by atoms with van der Waals surface area (Å²) in [6.45, 7) is 6.49. The number of carbonyl (C=O) groups excluding carboxylic acids is 2. The molecule has 0 N–H and O–H groups in total. The Kier molecular flexibility index (Phi) is 14.4. The second-order valence-corrected chi connectivity index (χ2v) is 9.51. The first-order valence-corrected chi connectivity index (χ1v) is 13.8. The van der Waals surface area contributed by atoms with Gasteiger partial charge in [-0.3, -0.25) is 4.79 Å². The SMILES string of the molecule is CCCCCCCCCC(=O)Oc1ccc(OC(=O)c2ccc(OC(C)CCCCCC)cc2)cc1. The van der Waals surface area contributed by atoms with Crippen LogP contribution in [0.1, 0.15) is 115 Å². The molecule has 2 aromatic rings. The van der Waals surface area contributed by atoms with Crippen molar-refractivity contribution in [3.8, 4) is 17.2 Å². The van der Waals surface area contributed by atoms with Crippen LogP contribution in [0.15, 0.2) is 48.5 Å². The summed E-state index contributed by atoms with van der Waals surface area (Å²) in [5.74, 6) is 0.918. The van der Waals surface area contributed by atoms with Crippen LogP contribution in [-0.2, 0) is 4.79 Å². The standard InChI is InChI=1S/C31H44O5/c1-4-6-8-10-11-12-14-16-30(32)35-28-21-23-29(24-22-28)36-31(33)26-17-19-27(20-18-26)34-25(3)15-13-9-7-5-2/h17-25H,4-16H2,1-3H3. The Balaban J connectivity index is 1.71. The number of hydrogen-bond donors (Lipinski definition) is 0. The van der Waals surface area contributed by atoms with Gasteiger partial charge in [-0.15, -0.1) is 0 Å². The average Bonchev–Trinajstić information content (AvgIpc) is 2.87. The summed E-state index contributed by atoms with van der Waals surface area (Å²) in [5, 5.41) is 0. The molecule has 0 saturated carbocycles. The summed E-state index contributed by atoms with van der Waals surface area (Å²) in [5.41, 5.74) is 0.447. The van der Waals surface area contributed by atoms with Gasteiger partial charge in [-0.25, -0.2) is 4.79 Å². The van der Waals surface area contributed by atoms with Gasteiger partial charge in [-0.2, -0.15) is 0 Å². The van der Waals surface area contributed by atoms with Crippen molar-refractivity contribution < 1.29 is 23.8 Å². The Morgan fingerprint density at radius 3 is 1.75 bits per heavy atom. The minimum absolute atomic E-state index is 0.142. The molecule has 5 heteroatoms. The fourth-order valence-corrected chi connectivity index (χ4v) is 3.97. The summed E-state index contributed by atoms with van der Waals surface area (Å²) in [7, 11) is 0. The van der Waals surface area contributed by atoms with Gasteiger partial charge in [-0.05, 0) is 74.7 Å². The molecule has 0 aliphatic carbocycles. The molecule has 0 aliphatic heterocycles. The van der Waals surface area contributed by atoms with Crippen molar-refractivity contribution in [3.63, 3.8) is 0 Å². The second-order valence-electron chi connectivity index (χ2n) is 9.51. The number of rotatable bonds is 18. The Morgan fingerprint density at radius 2 is 1.14 bits per heavy atom. The van der Waals surface area contributed by atoms with Crippen LogP contribution in [0.5, 0.6) is 17.2 Å². The lowest BCUT2D eigenvalue weighted by molar-refractivity contribution is -0.134. The molecule has 36 heavy (non-hydrogen) atoms. The fraction of sp³-hybridized carbons (Fsp3) is 0.548. The Morgan fingerprint density at radius 1 is 0.639 bits per heavy atom. The van der Waals surface area contributed by atoms with Gasteiger partial charge in [-0.1, -0.05) is 71.6 Å². The number of ether oxygens (including phenoxy) is 3. The molecule has 0 radical (unpaired) electrons. The second kappa shape index (κ2) is 17.6. The number of unbranched alkanes of at least 4 members (excludes halogenated alkanes) is 9. The Bertz CT molecular complexity index is 873. The molecule has 0 fully saturated rings. The molecule has 5 nitrogen and oxygen atoms in total. The highest BCUT2D eigenvalue weighted by atomic mass is 16.5. The van der Waals surface area contributed by atoms with E-state index >= 15 is 0 Å². The topological polar surface area (TPSA) is 61.8 Å². The molecular weight excluding hydrogens is 452 g/mol. The fourth-order valence-electron chi connectivity index (χ4n) is 3.97. The highest BCUT2D eigenvalue weighted by Gasteiger charge is 2.11. The van der Waals surface area contributed by atoms with Crippen LogP contribution in [0.25, 0.3) is 0 Å². The molecule has 198 valence electrons. The average molecular weight is 497 g/mol. The highest BCUT2D eigenvalue weighted by molar-refractivity contribution is 5.91. The molecule has 2 rings (SSSR count). The van der Waals surface area contributed by atoms with Crippen LogP contribution in [-0.4, -0.2) is 18.0 Å². The minimum Gasteiger partial charge on any atom is -0.491 e. The predicted molar refractivity (Wildman–Crippen MR) is 145 cm³/mol. The van der Waals surface area contributed by atoms with E-state index in [4.69, 9.17) is 14.2 Å². The maximum Gasteiger partial charge on any atom is 0.343 e. The van der Waals surface area contributed by atoms with Crippen LogP contribution in [0.3, 0.4) is 0 Å². The van der Waals surface area contributed by atoms with Gasteiger partial charge in [0.1, 0.15) is 17.2 Å². The van der Waals surface area contributed by atoms with Crippen LogP contribution >= 0.6 is 0 Å². The van der Waals surface area contributed by atoms with Crippen molar-refractivity contribution in [2.24, 2.45) is 0 Å². The number of carbonyl (C=O) groups is 2. The van der Waals surface area contributed by atoms with E-state index < -0.39 is 5.97 Å². The summed E-state index contributed by atoms with van der Waals surface area (Å²) in [6.07, 6.45) is 14.6. The van der Waals surface area contributed by atoms with Gasteiger partial charge >= 0.3 is 11.9 Å². The normalized spacial score (nSPS) is 11.6. The van der Waals surface area contributed by atoms with Gasteiger partial charge < -0.3 is 14.2 Å². The third kappa shape index (κ3) is 12.2. The molecule has 0 aliphatic rings. The molecule has 0 saturated heterocycles. The van der Waals surface area contributed by atoms with Crippen LogP contribution in [0.2, 0.25) is 0 Å². The zero-order chi connectivity index (χ0) is 26.0. The minimum atomic E-state index is -0.446. The predicted octanol–water partition coefficient (Wildman–Crippen LogP) is 8.69. The maximum atomic E-state index is 12.5. The molecule has 0 bridgehead atoms. The van der Waals surface area contributed by atoms with E-state index in [1.807, 2.05) is 0 Å². The van der Waals surface area contributed by atoms with Gasteiger partial charge in [0.15, 0.2) is 0 Å². The zero-order valence-corrected chi connectivity index (χ0v) is 22.4. The van der Waals surface area contributed by atoms with Crippen molar-refractivity contribution in [3.05, 3.63) is 54.1 Å². The third-order valence-corrected chi connectivity index (χ3v) is 6.14. The number of esters is 2. The number of benzene rings is 2. The van der Waals surface area contributed by atoms with E-state index in [1.54, 1.807) is 48.5 Å². The van der Waals surface area contributed by atoms with E-state index in [-0.39, 0.29) is 12.1 Å². The lowest BCUT2D eigenvalue weighted by Crippen LogP contribution is -2.12. The smallest absolute Gasteiger partial charge is 0.343 e. The van der Waals surface area contributed by atoms with Gasteiger partial charge in [0.05, 0.1) is 11.7 Å². The van der Waals surface area contributed by atoms with E-state index in [9.17, 15) is 9.59 Å². The highest BCUT2D eigenvalue weighted by Crippen LogP contribution is 2.21. The van der Waals surface area contributed by atoms with Crippen molar-refractivity contribution in [1.29, 1.82) is 0 Å². The van der Waals surface area contributed by atoms with E-state index in [0.29, 0.717) is 23.5 Å². The molecule has 0 amide bonds. The van der Waals surface area contributed by atoms with Crippen LogP contribution in [0.4, 0.5) is 0 Å². The summed E-state index contributed by atoms with van der Waals surface area (Å²) < 4.78 is 16.8. The number of hydrogen-bond acceptors (Lipinski definition) is 5. The third-order valence-electron chi connectivity index (χ3n) is 6.14. The largest absolute Gasteiger partial charge is 0.491 e. The maximum absolute atomic E-state index is 12.5. The summed E-state index contributed by atoms with van der Waals surface area (Å²) in [6, 6.07) is 13.6. The van der Waals surface area contributed by atoms with Crippen molar-refractivity contribution >= 4 is 11.9 Å². The molecule has 0 heterocycles. The zero-order valence-electron chi connectivity index (χ0n) is 22.4. The lowest BCUT2D eigenvalue weighted by atomic mass is 10.1. The van der Waals surface area contributed by atoms with Crippen molar-refractivity contribution in [1.82, 2.24) is 0 Å². The van der Waals surface area contributed by atoms with Crippen molar-refractivity contribution in [2.75, 3.05) is 0 Å². The molecule has 0 spiro atoms. The lowest BCUT2D eigenvalue weighted by Gasteiger charge is -2.14. The molecule has 1 unspecified atom stereocenters. The molecular formula is C31H44O5. The first-order chi connectivity index (χ1) is 17.5. The first kappa shape index (κ1) is 29.4. The Labute approximate surface area is 217 Å². The van der Waals surface area contributed by atoms with Gasteiger partial charge in [0.2, 0.25) is 0 Å². The van der Waals surface area contributed by atoms with Gasteiger partial charge in [0.25, 0.3) is 0 Å². The van der Waals surface area contributed by atoms with Crippen LogP contribution in [0, 0.1) is 0 Å². The molecule has 0 aromatic heterocycles. The first-order valence-electron chi connectivity index (χ1n) is 13.8.